The first kappa shape index (κ1) is 13.5. The lowest BCUT2D eigenvalue weighted by Gasteiger charge is -2.22. The van der Waals surface area contributed by atoms with Crippen molar-refractivity contribution in [2.45, 2.75) is 19.0 Å². The molecule has 0 saturated carbocycles. The summed E-state index contributed by atoms with van der Waals surface area (Å²) < 4.78 is 36.6. The van der Waals surface area contributed by atoms with Crippen molar-refractivity contribution in [1.82, 2.24) is 0 Å². The number of fused-ring (bicyclic) bond motifs is 1. The van der Waals surface area contributed by atoms with E-state index in [1.54, 1.807) is 19.2 Å². The van der Waals surface area contributed by atoms with Crippen LogP contribution >= 0.6 is 0 Å². The van der Waals surface area contributed by atoms with Crippen LogP contribution in [0.25, 0.3) is 0 Å². The molecule has 0 aliphatic carbocycles. The van der Waals surface area contributed by atoms with Crippen molar-refractivity contribution in [2.24, 2.45) is 0 Å². The quantitative estimate of drug-likeness (QED) is 0.830. The zero-order chi connectivity index (χ0) is 14.2. The fourth-order valence-electron chi connectivity index (χ4n) is 2.03. The Hall–Kier alpha value is -1.92. The monoisotopic (exact) mass is 273 g/mol. The van der Waals surface area contributed by atoms with Gasteiger partial charge >= 0.3 is 6.18 Å². The fraction of sp³-hybridized carbons (Fsp3) is 0.417. The first-order valence-electron chi connectivity index (χ1n) is 5.76. The standard InChI is InChI=1S/C12H14F3N3O/c1-18(3-2-12(13,14)15)10-6-9-7(4-8(10)16)5-11(19)17-9/h4,6H,2-3,5,16H2,1H3,(H,17,19). The second-order valence-electron chi connectivity index (χ2n) is 4.58. The Labute approximate surface area is 108 Å². The number of nitrogens with two attached hydrogens (primary N) is 1. The number of carbonyl (C=O) groups excluding carboxylic acids is 1. The van der Waals surface area contributed by atoms with Crippen LogP contribution in [0.5, 0.6) is 0 Å². The number of hydrogen-bond donors (Lipinski definition) is 2. The topological polar surface area (TPSA) is 58.4 Å². The third kappa shape index (κ3) is 3.10. The average molecular weight is 273 g/mol. The number of nitrogen functional groups attached to an aromatic ring is 1. The molecule has 1 aliphatic heterocycles. The van der Waals surface area contributed by atoms with Crippen molar-refractivity contribution >= 4 is 23.0 Å². The van der Waals surface area contributed by atoms with Crippen LogP contribution in [-0.4, -0.2) is 25.7 Å². The molecule has 0 aromatic heterocycles. The Bertz CT molecular complexity index is 514. The van der Waals surface area contributed by atoms with Gasteiger partial charge in [0.2, 0.25) is 5.91 Å². The number of benzene rings is 1. The molecular formula is C12H14F3N3O. The maximum Gasteiger partial charge on any atom is 0.390 e. The fourth-order valence-corrected chi connectivity index (χ4v) is 2.03. The Balaban J connectivity index is 2.17. The number of anilines is 3. The number of rotatable bonds is 3. The molecule has 0 atom stereocenters. The Morgan fingerprint density at radius 1 is 1.42 bits per heavy atom. The van der Waals surface area contributed by atoms with E-state index in [2.05, 4.69) is 5.32 Å². The minimum absolute atomic E-state index is 0.135. The van der Waals surface area contributed by atoms with Gasteiger partial charge in [0.15, 0.2) is 0 Å². The maximum atomic E-state index is 12.2. The van der Waals surface area contributed by atoms with Crippen molar-refractivity contribution in [3.63, 3.8) is 0 Å². The number of carbonyl (C=O) groups is 1. The van der Waals surface area contributed by atoms with Crippen molar-refractivity contribution in [3.8, 4) is 0 Å². The van der Waals surface area contributed by atoms with Gasteiger partial charge in [-0.2, -0.15) is 13.2 Å². The predicted octanol–water partition coefficient (Wildman–Crippen LogP) is 2.15. The molecule has 0 radical (unpaired) electrons. The molecule has 3 N–H and O–H groups in total. The molecule has 1 aliphatic rings. The third-order valence-corrected chi connectivity index (χ3v) is 3.02. The van der Waals surface area contributed by atoms with Gasteiger partial charge in [-0.15, -0.1) is 0 Å². The van der Waals surface area contributed by atoms with Gasteiger partial charge in [-0.25, -0.2) is 0 Å². The van der Waals surface area contributed by atoms with Gasteiger partial charge < -0.3 is 16.0 Å². The lowest BCUT2D eigenvalue weighted by molar-refractivity contribution is -0.132. The number of halogens is 3. The van der Waals surface area contributed by atoms with E-state index in [0.29, 0.717) is 17.1 Å². The van der Waals surface area contributed by atoms with Crippen LogP contribution in [0.4, 0.5) is 30.2 Å². The van der Waals surface area contributed by atoms with Crippen LogP contribution in [0.1, 0.15) is 12.0 Å². The summed E-state index contributed by atoms with van der Waals surface area (Å²) in [5.41, 5.74) is 8.08. The van der Waals surface area contributed by atoms with Crippen LogP contribution in [0.15, 0.2) is 12.1 Å². The molecule has 7 heteroatoms. The van der Waals surface area contributed by atoms with Crippen molar-refractivity contribution < 1.29 is 18.0 Å². The zero-order valence-electron chi connectivity index (χ0n) is 10.3. The van der Waals surface area contributed by atoms with Crippen molar-refractivity contribution in [2.75, 3.05) is 29.5 Å². The molecule has 1 amide bonds. The summed E-state index contributed by atoms with van der Waals surface area (Å²) in [5, 5.41) is 2.65. The molecule has 0 fully saturated rings. The van der Waals surface area contributed by atoms with E-state index in [1.807, 2.05) is 0 Å². The summed E-state index contributed by atoms with van der Waals surface area (Å²) in [6.45, 7) is -0.180. The van der Waals surface area contributed by atoms with Crippen LogP contribution in [0.3, 0.4) is 0 Å². The number of hydrogen-bond acceptors (Lipinski definition) is 3. The first-order chi connectivity index (χ1) is 8.76. The minimum Gasteiger partial charge on any atom is -0.397 e. The molecule has 1 heterocycles. The summed E-state index contributed by atoms with van der Waals surface area (Å²) in [5.74, 6) is -0.135. The Morgan fingerprint density at radius 2 is 2.11 bits per heavy atom. The van der Waals surface area contributed by atoms with Crippen LogP contribution < -0.4 is 16.0 Å². The number of amides is 1. The van der Waals surface area contributed by atoms with Crippen molar-refractivity contribution in [3.05, 3.63) is 17.7 Å². The summed E-state index contributed by atoms with van der Waals surface area (Å²) in [6.07, 6.45) is -4.85. The number of nitrogens with one attached hydrogen (secondary N) is 1. The molecule has 0 saturated heterocycles. The van der Waals surface area contributed by atoms with Crippen LogP contribution in [0.2, 0.25) is 0 Å². The highest BCUT2D eigenvalue weighted by molar-refractivity contribution is 6.00. The van der Waals surface area contributed by atoms with E-state index in [0.717, 1.165) is 5.56 Å². The van der Waals surface area contributed by atoms with E-state index >= 15 is 0 Å². The van der Waals surface area contributed by atoms with E-state index in [9.17, 15) is 18.0 Å². The molecule has 2 rings (SSSR count). The van der Waals surface area contributed by atoms with Crippen LogP contribution in [0, 0.1) is 0 Å². The first-order valence-corrected chi connectivity index (χ1v) is 5.76. The summed E-state index contributed by atoms with van der Waals surface area (Å²) in [4.78, 5) is 12.7. The predicted molar refractivity (Wildman–Crippen MR) is 67.1 cm³/mol. The number of alkyl halides is 3. The van der Waals surface area contributed by atoms with Gasteiger partial charge in [0.1, 0.15) is 0 Å². The highest BCUT2D eigenvalue weighted by Crippen LogP contribution is 2.33. The van der Waals surface area contributed by atoms with E-state index < -0.39 is 12.6 Å². The molecule has 4 nitrogen and oxygen atoms in total. The molecule has 104 valence electrons. The van der Waals surface area contributed by atoms with Gasteiger partial charge in [0, 0.05) is 19.3 Å². The average Bonchev–Trinajstić information content (AvgIpc) is 2.63. The third-order valence-electron chi connectivity index (χ3n) is 3.02. The summed E-state index contributed by atoms with van der Waals surface area (Å²) in [6, 6.07) is 3.25. The maximum absolute atomic E-state index is 12.2. The molecule has 0 spiro atoms. The van der Waals surface area contributed by atoms with Gasteiger partial charge in [-0.3, -0.25) is 4.79 Å². The second kappa shape index (κ2) is 4.64. The van der Waals surface area contributed by atoms with Gasteiger partial charge in [0.25, 0.3) is 0 Å². The largest absolute Gasteiger partial charge is 0.397 e. The summed E-state index contributed by atoms with van der Waals surface area (Å²) >= 11 is 0. The lowest BCUT2D eigenvalue weighted by atomic mass is 10.1. The van der Waals surface area contributed by atoms with E-state index in [-0.39, 0.29) is 18.9 Å². The molecule has 0 bridgehead atoms. The normalized spacial score (nSPS) is 14.2. The lowest BCUT2D eigenvalue weighted by Crippen LogP contribution is -2.24. The minimum atomic E-state index is -4.20. The second-order valence-corrected chi connectivity index (χ2v) is 4.58. The molecular weight excluding hydrogens is 259 g/mol. The Kier molecular flexibility index (Phi) is 3.30. The zero-order valence-corrected chi connectivity index (χ0v) is 10.3. The smallest absolute Gasteiger partial charge is 0.390 e. The highest BCUT2D eigenvalue weighted by Gasteiger charge is 2.28. The van der Waals surface area contributed by atoms with Crippen LogP contribution in [-0.2, 0) is 11.2 Å². The molecule has 1 aromatic rings. The number of nitrogens with zero attached hydrogens (tertiary/aromatic N) is 1. The van der Waals surface area contributed by atoms with Crippen molar-refractivity contribution in [1.29, 1.82) is 0 Å². The Morgan fingerprint density at radius 3 is 2.74 bits per heavy atom. The van der Waals surface area contributed by atoms with Gasteiger partial charge in [-0.05, 0) is 17.7 Å². The molecule has 1 aromatic carbocycles. The highest BCUT2D eigenvalue weighted by atomic mass is 19.4. The molecule has 19 heavy (non-hydrogen) atoms. The van der Waals surface area contributed by atoms with E-state index in [1.165, 1.54) is 4.90 Å². The van der Waals surface area contributed by atoms with Gasteiger partial charge in [-0.1, -0.05) is 0 Å². The SMILES string of the molecule is CN(CCC(F)(F)F)c1cc2c(cc1N)CC(=O)N2. The van der Waals surface area contributed by atoms with Gasteiger partial charge in [0.05, 0.1) is 24.2 Å². The van der Waals surface area contributed by atoms with E-state index in [4.69, 9.17) is 5.73 Å². The summed E-state index contributed by atoms with van der Waals surface area (Å²) in [7, 11) is 1.54. The molecule has 0 unspecified atom stereocenters.